The average molecular weight is 288 g/mol. The first-order valence-electron chi connectivity index (χ1n) is 6.76. The molecule has 1 aromatic heterocycles. The van der Waals surface area contributed by atoms with E-state index in [4.69, 9.17) is 12.2 Å². The summed E-state index contributed by atoms with van der Waals surface area (Å²) in [4.78, 5) is 0. The van der Waals surface area contributed by atoms with Gasteiger partial charge in [0.25, 0.3) is 0 Å². The molecule has 1 unspecified atom stereocenters. The molecular weight excluding hydrogens is 268 g/mol. The minimum absolute atomic E-state index is 0.0771. The molecule has 1 atom stereocenters. The lowest BCUT2D eigenvalue weighted by Crippen LogP contribution is -2.31. The van der Waals surface area contributed by atoms with Crippen LogP contribution >= 0.6 is 12.2 Å². The molecule has 2 aromatic rings. The monoisotopic (exact) mass is 288 g/mol. The van der Waals surface area contributed by atoms with Gasteiger partial charge in [0.15, 0.2) is 5.11 Å². The van der Waals surface area contributed by atoms with Gasteiger partial charge in [0.2, 0.25) is 0 Å². The summed E-state index contributed by atoms with van der Waals surface area (Å²) in [5.74, 6) is 0. The summed E-state index contributed by atoms with van der Waals surface area (Å²) in [6.45, 7) is 7.05. The lowest BCUT2D eigenvalue weighted by molar-refractivity contribution is 0.613. The van der Waals surface area contributed by atoms with Gasteiger partial charge < -0.3 is 10.6 Å². The van der Waals surface area contributed by atoms with Crippen molar-refractivity contribution in [2.24, 2.45) is 0 Å². The highest BCUT2D eigenvalue weighted by Gasteiger charge is 2.10. The van der Waals surface area contributed by atoms with Crippen LogP contribution < -0.4 is 10.6 Å². The quantitative estimate of drug-likeness (QED) is 0.847. The zero-order chi connectivity index (χ0) is 14.5. The molecular formula is C15H20N4S. The Kier molecular flexibility index (Phi) is 4.74. The second kappa shape index (κ2) is 6.52. The van der Waals surface area contributed by atoms with Crippen LogP contribution in [0, 0.1) is 6.92 Å². The van der Waals surface area contributed by atoms with Crippen molar-refractivity contribution in [3.05, 3.63) is 47.8 Å². The highest BCUT2D eigenvalue weighted by molar-refractivity contribution is 7.80. The van der Waals surface area contributed by atoms with E-state index in [0.29, 0.717) is 5.11 Å². The van der Waals surface area contributed by atoms with Crippen LogP contribution in [0.1, 0.15) is 31.1 Å². The highest BCUT2D eigenvalue weighted by atomic mass is 32.1. The van der Waals surface area contributed by atoms with E-state index in [0.717, 1.165) is 17.9 Å². The first kappa shape index (κ1) is 14.5. The van der Waals surface area contributed by atoms with Gasteiger partial charge in [-0.05, 0) is 51.2 Å². The molecule has 0 amide bonds. The largest absolute Gasteiger partial charge is 0.354 e. The van der Waals surface area contributed by atoms with Crippen LogP contribution in [-0.2, 0) is 6.54 Å². The fourth-order valence-corrected chi connectivity index (χ4v) is 2.15. The zero-order valence-corrected chi connectivity index (χ0v) is 12.9. The zero-order valence-electron chi connectivity index (χ0n) is 12.1. The molecule has 0 aliphatic rings. The normalized spacial score (nSPS) is 11.9. The number of aromatic nitrogens is 2. The Bertz CT molecular complexity index is 574. The maximum atomic E-state index is 5.32. The first-order valence-corrected chi connectivity index (χ1v) is 7.17. The molecule has 2 N–H and O–H groups in total. The van der Waals surface area contributed by atoms with Crippen LogP contribution in [0.25, 0.3) is 0 Å². The number of nitrogens with zero attached hydrogens (tertiary/aromatic N) is 2. The fraction of sp³-hybridized carbons (Fsp3) is 0.333. The summed E-state index contributed by atoms with van der Waals surface area (Å²) in [6.07, 6.45) is 1.98. The molecule has 2 rings (SSSR count). The second-order valence-electron chi connectivity index (χ2n) is 4.78. The minimum atomic E-state index is 0.0771. The Morgan fingerprint density at radius 3 is 2.60 bits per heavy atom. The molecule has 0 fully saturated rings. The van der Waals surface area contributed by atoms with Gasteiger partial charge >= 0.3 is 0 Å². The third-order valence-electron chi connectivity index (χ3n) is 3.09. The molecule has 4 nitrogen and oxygen atoms in total. The van der Waals surface area contributed by atoms with Crippen molar-refractivity contribution in [2.45, 2.75) is 33.4 Å². The average Bonchev–Trinajstić information content (AvgIpc) is 2.90. The second-order valence-corrected chi connectivity index (χ2v) is 5.19. The number of hydrogen-bond donors (Lipinski definition) is 2. The Labute approximate surface area is 125 Å². The number of nitrogens with one attached hydrogen (secondary N) is 2. The van der Waals surface area contributed by atoms with E-state index in [1.165, 1.54) is 5.56 Å². The van der Waals surface area contributed by atoms with Crippen LogP contribution in [0.15, 0.2) is 36.5 Å². The molecule has 20 heavy (non-hydrogen) atoms. The number of benzene rings is 1. The van der Waals surface area contributed by atoms with Crippen LogP contribution in [0.4, 0.5) is 5.69 Å². The van der Waals surface area contributed by atoms with E-state index in [1.54, 1.807) is 0 Å². The van der Waals surface area contributed by atoms with Crippen molar-refractivity contribution < 1.29 is 0 Å². The summed E-state index contributed by atoms with van der Waals surface area (Å²) < 4.78 is 1.91. The molecule has 0 spiro atoms. The van der Waals surface area contributed by atoms with Gasteiger partial charge in [-0.25, -0.2) is 0 Å². The molecule has 0 bridgehead atoms. The van der Waals surface area contributed by atoms with Gasteiger partial charge in [0.1, 0.15) is 0 Å². The van der Waals surface area contributed by atoms with Gasteiger partial charge in [-0.15, -0.1) is 0 Å². The van der Waals surface area contributed by atoms with Crippen molar-refractivity contribution in [3.8, 4) is 0 Å². The smallest absolute Gasteiger partial charge is 0.171 e. The van der Waals surface area contributed by atoms with E-state index in [-0.39, 0.29) is 6.04 Å². The van der Waals surface area contributed by atoms with Gasteiger partial charge in [0, 0.05) is 18.4 Å². The summed E-state index contributed by atoms with van der Waals surface area (Å²) in [7, 11) is 0. The lowest BCUT2D eigenvalue weighted by atomic mass is 10.2. The molecule has 0 aliphatic carbocycles. The van der Waals surface area contributed by atoms with E-state index >= 15 is 0 Å². The molecule has 1 heterocycles. The summed E-state index contributed by atoms with van der Waals surface area (Å²) in [5, 5.41) is 11.5. The molecule has 0 saturated carbocycles. The third-order valence-corrected chi connectivity index (χ3v) is 3.31. The van der Waals surface area contributed by atoms with Crippen molar-refractivity contribution >= 4 is 23.0 Å². The number of hydrogen-bond acceptors (Lipinski definition) is 2. The Hall–Kier alpha value is -1.88. The molecule has 1 aromatic carbocycles. The first-order chi connectivity index (χ1) is 9.58. The number of anilines is 1. The van der Waals surface area contributed by atoms with Crippen LogP contribution in [-0.4, -0.2) is 14.9 Å². The van der Waals surface area contributed by atoms with Gasteiger partial charge in [-0.3, -0.25) is 4.68 Å². The van der Waals surface area contributed by atoms with Gasteiger partial charge in [-0.2, -0.15) is 5.10 Å². The summed E-state index contributed by atoms with van der Waals surface area (Å²) in [5.41, 5.74) is 3.20. The molecule has 106 valence electrons. The number of thiocarbonyl (C=S) groups is 1. The Morgan fingerprint density at radius 2 is 2.00 bits per heavy atom. The lowest BCUT2D eigenvalue weighted by Gasteiger charge is -2.15. The van der Waals surface area contributed by atoms with Crippen LogP contribution in [0.5, 0.6) is 0 Å². The van der Waals surface area contributed by atoms with Crippen molar-refractivity contribution in [2.75, 3.05) is 5.32 Å². The summed E-state index contributed by atoms with van der Waals surface area (Å²) in [6, 6.07) is 10.2. The van der Waals surface area contributed by atoms with Gasteiger partial charge in [-0.1, -0.05) is 17.7 Å². The fourth-order valence-electron chi connectivity index (χ4n) is 1.86. The summed E-state index contributed by atoms with van der Waals surface area (Å²) >= 11 is 5.32. The maximum Gasteiger partial charge on any atom is 0.171 e. The minimum Gasteiger partial charge on any atom is -0.354 e. The van der Waals surface area contributed by atoms with E-state index in [1.807, 2.05) is 36.0 Å². The van der Waals surface area contributed by atoms with Crippen LogP contribution in [0.2, 0.25) is 0 Å². The van der Waals surface area contributed by atoms with E-state index in [9.17, 15) is 0 Å². The van der Waals surface area contributed by atoms with Crippen molar-refractivity contribution in [1.29, 1.82) is 0 Å². The molecule has 0 saturated heterocycles. The number of rotatable bonds is 4. The third kappa shape index (κ3) is 3.81. The Morgan fingerprint density at radius 1 is 1.30 bits per heavy atom. The molecule has 5 heteroatoms. The molecule has 0 radical (unpaired) electrons. The molecule has 0 aliphatic heterocycles. The predicted octanol–water partition coefficient (Wildman–Crippen LogP) is 3.26. The standard InChI is InChI=1S/C15H20N4S/c1-4-19-10-9-14(18-19)12(3)16-15(20)17-13-7-5-11(2)6-8-13/h5-10,12H,4H2,1-3H3,(H2,16,17,20). The van der Waals surface area contributed by atoms with Crippen molar-refractivity contribution in [1.82, 2.24) is 15.1 Å². The van der Waals surface area contributed by atoms with Gasteiger partial charge in [0.05, 0.1) is 11.7 Å². The maximum absolute atomic E-state index is 5.32. The highest BCUT2D eigenvalue weighted by Crippen LogP contribution is 2.11. The van der Waals surface area contributed by atoms with E-state index in [2.05, 4.69) is 41.7 Å². The Balaban J connectivity index is 1.92. The van der Waals surface area contributed by atoms with E-state index < -0.39 is 0 Å². The topological polar surface area (TPSA) is 41.9 Å². The predicted molar refractivity (Wildman–Crippen MR) is 86.9 cm³/mol. The van der Waals surface area contributed by atoms with Crippen LogP contribution in [0.3, 0.4) is 0 Å². The SMILES string of the molecule is CCn1ccc(C(C)NC(=S)Nc2ccc(C)cc2)n1. The number of aryl methyl sites for hydroxylation is 2. The van der Waals surface area contributed by atoms with Crippen molar-refractivity contribution in [3.63, 3.8) is 0 Å².